The Balaban J connectivity index is 2.07. The van der Waals surface area contributed by atoms with Gasteiger partial charge in [-0.15, -0.1) is 0 Å². The number of hydrogen-bond donors (Lipinski definition) is 2. The molecule has 0 aliphatic rings. The largest absolute Gasteiger partial charge is 0.372 e. The lowest BCUT2D eigenvalue weighted by Crippen LogP contribution is -2.21. The second-order valence-corrected chi connectivity index (χ2v) is 6.17. The molecule has 0 saturated heterocycles. The average Bonchev–Trinajstić information content (AvgIpc) is 2.64. The number of nitrogens with zero attached hydrogens (tertiary/aromatic N) is 3. The van der Waals surface area contributed by atoms with Crippen LogP contribution in [0.4, 0.5) is 17.3 Å². The number of carbonyl (C=O) groups excluding carboxylic acids is 1. The summed E-state index contributed by atoms with van der Waals surface area (Å²) in [6.45, 7) is 11.0. The maximum absolute atomic E-state index is 12.5. The van der Waals surface area contributed by atoms with Crippen molar-refractivity contribution >= 4 is 23.2 Å². The lowest BCUT2D eigenvalue weighted by molar-refractivity contribution is 0.102. The van der Waals surface area contributed by atoms with E-state index in [9.17, 15) is 4.79 Å². The monoisotopic (exact) mass is 355 g/mol. The third kappa shape index (κ3) is 5.44. The van der Waals surface area contributed by atoms with Crippen LogP contribution in [0.5, 0.6) is 0 Å². The summed E-state index contributed by atoms with van der Waals surface area (Å²) < 4.78 is 0. The first-order chi connectivity index (χ1) is 12.6. The van der Waals surface area contributed by atoms with E-state index in [4.69, 9.17) is 0 Å². The fraction of sp³-hybridized carbons (Fsp3) is 0.450. The molecule has 0 aliphatic heterocycles. The molecule has 0 bridgehead atoms. The highest BCUT2D eigenvalue weighted by Crippen LogP contribution is 2.18. The smallest absolute Gasteiger partial charge is 0.274 e. The average molecular weight is 355 g/mol. The molecule has 0 saturated carbocycles. The van der Waals surface area contributed by atoms with Crippen molar-refractivity contribution in [3.63, 3.8) is 0 Å². The third-order valence-electron chi connectivity index (χ3n) is 4.15. The summed E-state index contributed by atoms with van der Waals surface area (Å²) in [5.74, 6) is 0.269. The van der Waals surface area contributed by atoms with Gasteiger partial charge in [0.05, 0.1) is 0 Å². The van der Waals surface area contributed by atoms with Crippen LogP contribution in [0.15, 0.2) is 30.3 Å². The summed E-state index contributed by atoms with van der Waals surface area (Å²) in [6.07, 6.45) is 2.13. The Labute approximate surface area is 156 Å². The van der Waals surface area contributed by atoms with Crippen molar-refractivity contribution in [1.29, 1.82) is 0 Å². The zero-order valence-electron chi connectivity index (χ0n) is 16.2. The van der Waals surface area contributed by atoms with E-state index in [-0.39, 0.29) is 5.91 Å². The first-order valence-corrected chi connectivity index (χ1v) is 9.33. The summed E-state index contributed by atoms with van der Waals surface area (Å²) in [5, 5.41) is 6.08. The highest BCUT2D eigenvalue weighted by Gasteiger charge is 2.11. The van der Waals surface area contributed by atoms with E-state index in [1.54, 1.807) is 6.07 Å². The van der Waals surface area contributed by atoms with Crippen LogP contribution in [0.25, 0.3) is 0 Å². The molecule has 2 aromatic rings. The Morgan fingerprint density at radius 2 is 1.77 bits per heavy atom. The third-order valence-corrected chi connectivity index (χ3v) is 4.15. The number of aryl methyl sites for hydroxylation is 1. The minimum Gasteiger partial charge on any atom is -0.372 e. The molecule has 6 heteroatoms. The molecule has 0 radical (unpaired) electrons. The van der Waals surface area contributed by atoms with Crippen LogP contribution in [0.1, 0.15) is 49.8 Å². The second-order valence-electron chi connectivity index (χ2n) is 6.17. The molecule has 1 aromatic heterocycles. The van der Waals surface area contributed by atoms with E-state index in [1.165, 1.54) is 0 Å². The fourth-order valence-electron chi connectivity index (χ4n) is 2.68. The van der Waals surface area contributed by atoms with Crippen LogP contribution in [0.2, 0.25) is 0 Å². The number of rotatable bonds is 9. The molecule has 0 aliphatic carbocycles. The molecule has 0 unspecified atom stereocenters. The lowest BCUT2D eigenvalue weighted by atomic mass is 10.2. The molecular formula is C20H29N5O. The van der Waals surface area contributed by atoms with Crippen molar-refractivity contribution < 1.29 is 4.79 Å². The zero-order valence-corrected chi connectivity index (χ0v) is 16.2. The molecule has 0 spiro atoms. The van der Waals surface area contributed by atoms with E-state index in [2.05, 4.69) is 46.3 Å². The summed E-state index contributed by atoms with van der Waals surface area (Å²) >= 11 is 0. The van der Waals surface area contributed by atoms with Crippen LogP contribution in [-0.2, 0) is 0 Å². The van der Waals surface area contributed by atoms with Gasteiger partial charge in [0.15, 0.2) is 0 Å². The van der Waals surface area contributed by atoms with Gasteiger partial charge in [-0.05, 0) is 57.5 Å². The second kappa shape index (κ2) is 9.75. The molecular weight excluding hydrogens is 326 g/mol. The number of amides is 1. The van der Waals surface area contributed by atoms with Crippen LogP contribution < -0.4 is 15.5 Å². The maximum atomic E-state index is 12.5. The first-order valence-electron chi connectivity index (χ1n) is 9.33. The van der Waals surface area contributed by atoms with E-state index >= 15 is 0 Å². The van der Waals surface area contributed by atoms with Gasteiger partial charge in [0.2, 0.25) is 5.95 Å². The minimum atomic E-state index is -0.232. The topological polar surface area (TPSA) is 70.2 Å². The predicted molar refractivity (Wildman–Crippen MR) is 108 cm³/mol. The summed E-state index contributed by atoms with van der Waals surface area (Å²) in [7, 11) is 0. The highest BCUT2D eigenvalue weighted by molar-refractivity contribution is 6.03. The number of nitrogens with one attached hydrogen (secondary N) is 2. The molecule has 26 heavy (non-hydrogen) atoms. The predicted octanol–water partition coefficient (Wildman–Crippen LogP) is 4.10. The van der Waals surface area contributed by atoms with Crippen LogP contribution in [0.3, 0.4) is 0 Å². The molecule has 1 heterocycles. The van der Waals surface area contributed by atoms with Gasteiger partial charge in [-0.2, -0.15) is 0 Å². The van der Waals surface area contributed by atoms with Gasteiger partial charge in [-0.1, -0.05) is 13.3 Å². The molecule has 140 valence electrons. The number of carbonyl (C=O) groups is 1. The minimum absolute atomic E-state index is 0.232. The lowest BCUT2D eigenvalue weighted by Gasteiger charge is -2.21. The van der Waals surface area contributed by atoms with Crippen molar-refractivity contribution in [1.82, 2.24) is 9.97 Å². The molecule has 6 nitrogen and oxygen atoms in total. The molecule has 2 rings (SSSR count). The molecule has 1 aromatic carbocycles. The molecule has 2 N–H and O–H groups in total. The fourth-order valence-corrected chi connectivity index (χ4v) is 2.68. The van der Waals surface area contributed by atoms with E-state index in [0.717, 1.165) is 49.5 Å². The zero-order chi connectivity index (χ0) is 18.9. The van der Waals surface area contributed by atoms with Crippen LogP contribution in [-0.4, -0.2) is 35.5 Å². The Morgan fingerprint density at radius 1 is 1.08 bits per heavy atom. The normalized spacial score (nSPS) is 10.5. The van der Waals surface area contributed by atoms with Crippen LogP contribution in [0, 0.1) is 6.92 Å². The maximum Gasteiger partial charge on any atom is 0.274 e. The number of anilines is 3. The Morgan fingerprint density at radius 3 is 2.38 bits per heavy atom. The van der Waals surface area contributed by atoms with Gasteiger partial charge in [-0.25, -0.2) is 9.97 Å². The van der Waals surface area contributed by atoms with Crippen molar-refractivity contribution in [2.75, 3.05) is 35.2 Å². The van der Waals surface area contributed by atoms with Crippen LogP contribution >= 0.6 is 0 Å². The van der Waals surface area contributed by atoms with E-state index in [0.29, 0.717) is 11.6 Å². The SMILES string of the molecule is CCCCNc1nc(C)cc(C(=O)Nc2ccc(N(CC)CC)cc2)n1. The van der Waals surface area contributed by atoms with Crippen molar-refractivity contribution in [3.8, 4) is 0 Å². The number of benzene rings is 1. The Kier molecular flexibility index (Phi) is 7.38. The van der Waals surface area contributed by atoms with Gasteiger partial charge in [0.1, 0.15) is 5.69 Å². The quantitative estimate of drug-likeness (QED) is 0.663. The molecule has 0 atom stereocenters. The summed E-state index contributed by atoms with van der Waals surface area (Å²) in [4.78, 5) is 23.5. The van der Waals surface area contributed by atoms with Crippen molar-refractivity contribution in [2.45, 2.75) is 40.5 Å². The summed E-state index contributed by atoms with van der Waals surface area (Å²) in [5.41, 5.74) is 3.03. The number of unbranched alkanes of at least 4 members (excludes halogenated alkanes) is 1. The van der Waals surface area contributed by atoms with Gasteiger partial charge in [-0.3, -0.25) is 4.79 Å². The van der Waals surface area contributed by atoms with E-state index < -0.39 is 0 Å². The van der Waals surface area contributed by atoms with Crippen molar-refractivity contribution in [3.05, 3.63) is 41.7 Å². The summed E-state index contributed by atoms with van der Waals surface area (Å²) in [6, 6.07) is 9.57. The number of hydrogen-bond acceptors (Lipinski definition) is 5. The first kappa shape index (κ1) is 19.7. The Bertz CT molecular complexity index is 711. The van der Waals surface area contributed by atoms with Gasteiger partial charge in [0.25, 0.3) is 5.91 Å². The standard InChI is InChI=1S/C20H29N5O/c1-5-8-13-21-20-22-15(4)14-18(24-20)19(26)23-16-9-11-17(12-10-16)25(6-2)7-3/h9-12,14H,5-8,13H2,1-4H3,(H,23,26)(H,21,22,24). The molecule has 0 fully saturated rings. The van der Waals surface area contributed by atoms with Gasteiger partial charge in [0, 0.05) is 36.7 Å². The van der Waals surface area contributed by atoms with E-state index in [1.807, 2.05) is 31.2 Å². The Hall–Kier alpha value is -2.63. The van der Waals surface area contributed by atoms with Crippen molar-refractivity contribution in [2.24, 2.45) is 0 Å². The van der Waals surface area contributed by atoms with Gasteiger partial charge >= 0.3 is 0 Å². The number of aromatic nitrogens is 2. The highest BCUT2D eigenvalue weighted by atomic mass is 16.1. The molecule has 1 amide bonds. The van der Waals surface area contributed by atoms with Gasteiger partial charge < -0.3 is 15.5 Å².